The molecule has 3 heteroatoms. The van der Waals surface area contributed by atoms with E-state index in [0.29, 0.717) is 0 Å². The minimum atomic E-state index is 1.10. The zero-order chi connectivity index (χ0) is 14.8. The Morgan fingerprint density at radius 1 is 1.00 bits per heavy atom. The molecule has 3 aromatic rings. The molecule has 0 atom stereocenters. The lowest BCUT2D eigenvalue weighted by atomic mass is 10.1. The van der Waals surface area contributed by atoms with Gasteiger partial charge in [0.25, 0.3) is 0 Å². The van der Waals surface area contributed by atoms with Crippen LogP contribution in [0, 0.1) is 6.92 Å². The average Bonchev–Trinajstić information content (AvgIpc) is 2.86. The number of hydrogen-bond acceptors (Lipinski definition) is 3. The van der Waals surface area contributed by atoms with Gasteiger partial charge in [-0.1, -0.05) is 36.4 Å². The van der Waals surface area contributed by atoms with Gasteiger partial charge in [-0.3, -0.25) is 0 Å². The number of para-hydroxylation sites is 1. The summed E-state index contributed by atoms with van der Waals surface area (Å²) >= 11 is 1.74. The molecule has 21 heavy (non-hydrogen) atoms. The van der Waals surface area contributed by atoms with E-state index in [1.165, 1.54) is 21.5 Å². The van der Waals surface area contributed by atoms with E-state index < -0.39 is 0 Å². The lowest BCUT2D eigenvalue weighted by molar-refractivity contribution is 1.13. The number of benzene rings is 2. The topological polar surface area (TPSA) is 16.1 Å². The largest absolute Gasteiger partial charge is 0.378 e. The van der Waals surface area contributed by atoms with Crippen molar-refractivity contribution in [1.29, 1.82) is 0 Å². The van der Waals surface area contributed by atoms with E-state index in [-0.39, 0.29) is 0 Å². The molecule has 1 aromatic heterocycles. The summed E-state index contributed by atoms with van der Waals surface area (Å²) in [6.45, 7) is 2.05. The SMILES string of the molecule is Cc1nc2c(C=Cc3ccc(N(C)C)cc3)cccc2s1. The molecule has 0 saturated heterocycles. The second-order valence-corrected chi connectivity index (χ2v) is 6.48. The third-order valence-electron chi connectivity index (χ3n) is 3.42. The van der Waals surface area contributed by atoms with E-state index in [1.807, 2.05) is 0 Å². The predicted octanol–water partition coefficient (Wildman–Crippen LogP) is 4.84. The second kappa shape index (κ2) is 5.70. The zero-order valence-corrected chi connectivity index (χ0v) is 13.3. The van der Waals surface area contributed by atoms with Gasteiger partial charge in [0.15, 0.2) is 0 Å². The van der Waals surface area contributed by atoms with E-state index in [1.54, 1.807) is 11.3 Å². The minimum Gasteiger partial charge on any atom is -0.378 e. The highest BCUT2D eigenvalue weighted by Gasteiger charge is 2.03. The molecule has 2 nitrogen and oxygen atoms in total. The molecule has 0 fully saturated rings. The summed E-state index contributed by atoms with van der Waals surface area (Å²) in [6, 6.07) is 14.9. The van der Waals surface area contributed by atoms with Crippen LogP contribution in [0.1, 0.15) is 16.1 Å². The maximum atomic E-state index is 4.62. The Kier molecular flexibility index (Phi) is 3.76. The first-order chi connectivity index (χ1) is 10.1. The van der Waals surface area contributed by atoms with Crippen LogP contribution in [0.4, 0.5) is 5.69 Å². The van der Waals surface area contributed by atoms with Crippen molar-refractivity contribution in [2.24, 2.45) is 0 Å². The molecule has 0 radical (unpaired) electrons. The molecule has 0 unspecified atom stereocenters. The maximum absolute atomic E-state index is 4.62. The van der Waals surface area contributed by atoms with Crippen molar-refractivity contribution in [3.63, 3.8) is 0 Å². The first-order valence-electron chi connectivity index (χ1n) is 6.95. The molecule has 0 aliphatic rings. The number of hydrogen-bond donors (Lipinski definition) is 0. The molecule has 0 aliphatic heterocycles. The smallest absolute Gasteiger partial charge is 0.0908 e. The van der Waals surface area contributed by atoms with Crippen molar-refractivity contribution in [3.8, 4) is 0 Å². The van der Waals surface area contributed by atoms with Gasteiger partial charge >= 0.3 is 0 Å². The van der Waals surface area contributed by atoms with Gasteiger partial charge in [0.2, 0.25) is 0 Å². The molecule has 0 spiro atoms. The second-order valence-electron chi connectivity index (χ2n) is 5.25. The predicted molar refractivity (Wildman–Crippen MR) is 94.1 cm³/mol. The van der Waals surface area contributed by atoms with Crippen LogP contribution < -0.4 is 4.90 Å². The fourth-order valence-electron chi connectivity index (χ4n) is 2.28. The molecule has 2 aromatic carbocycles. The summed E-state index contributed by atoms with van der Waals surface area (Å²) in [5, 5.41) is 1.11. The zero-order valence-electron chi connectivity index (χ0n) is 12.5. The Bertz CT molecular complexity index is 783. The van der Waals surface area contributed by atoms with Gasteiger partial charge in [-0.05, 0) is 30.7 Å². The summed E-state index contributed by atoms with van der Waals surface area (Å²) < 4.78 is 1.25. The highest BCUT2D eigenvalue weighted by Crippen LogP contribution is 2.25. The lowest BCUT2D eigenvalue weighted by Gasteiger charge is -2.11. The first kappa shape index (κ1) is 13.8. The molecule has 106 valence electrons. The third-order valence-corrected chi connectivity index (χ3v) is 4.36. The number of rotatable bonds is 3. The van der Waals surface area contributed by atoms with Crippen LogP contribution in [0.15, 0.2) is 42.5 Å². The quantitative estimate of drug-likeness (QED) is 0.642. The molecule has 0 saturated carbocycles. The fraction of sp³-hybridized carbons (Fsp3) is 0.167. The van der Waals surface area contributed by atoms with Crippen molar-refractivity contribution in [3.05, 3.63) is 58.6 Å². The van der Waals surface area contributed by atoms with Crippen molar-refractivity contribution >= 4 is 39.4 Å². The average molecular weight is 294 g/mol. The Labute approximate surface area is 129 Å². The molecule has 3 rings (SSSR count). The Balaban J connectivity index is 1.90. The molecule has 1 heterocycles. The molecular weight excluding hydrogens is 276 g/mol. The van der Waals surface area contributed by atoms with Gasteiger partial charge in [-0.15, -0.1) is 11.3 Å². The van der Waals surface area contributed by atoms with Crippen LogP contribution in [-0.4, -0.2) is 19.1 Å². The Morgan fingerprint density at radius 3 is 2.48 bits per heavy atom. The minimum absolute atomic E-state index is 1.10. The van der Waals surface area contributed by atoms with E-state index in [4.69, 9.17) is 0 Å². The van der Waals surface area contributed by atoms with Crippen LogP contribution in [0.3, 0.4) is 0 Å². The fourth-order valence-corrected chi connectivity index (χ4v) is 3.15. The standard InChI is InChI=1S/C18H18N2S/c1-13-19-18-15(5-4-6-17(18)21-13)10-7-14-8-11-16(12-9-14)20(2)3/h4-12H,1-3H3. The number of nitrogens with zero attached hydrogens (tertiary/aromatic N) is 2. The van der Waals surface area contributed by atoms with Gasteiger partial charge in [0, 0.05) is 25.3 Å². The summed E-state index contributed by atoms with van der Waals surface area (Å²) in [7, 11) is 4.10. The van der Waals surface area contributed by atoms with Gasteiger partial charge in [-0.2, -0.15) is 0 Å². The summed E-state index contributed by atoms with van der Waals surface area (Å²) in [4.78, 5) is 6.73. The van der Waals surface area contributed by atoms with E-state index >= 15 is 0 Å². The maximum Gasteiger partial charge on any atom is 0.0908 e. The van der Waals surface area contributed by atoms with Crippen LogP contribution in [0.5, 0.6) is 0 Å². The number of fused-ring (bicyclic) bond motifs is 1. The van der Waals surface area contributed by atoms with E-state index in [9.17, 15) is 0 Å². The van der Waals surface area contributed by atoms with Crippen molar-refractivity contribution < 1.29 is 0 Å². The summed E-state index contributed by atoms with van der Waals surface area (Å²) in [5.74, 6) is 0. The summed E-state index contributed by atoms with van der Waals surface area (Å²) in [6.07, 6.45) is 4.29. The van der Waals surface area contributed by atoms with Gasteiger partial charge in [0.05, 0.1) is 15.2 Å². The monoisotopic (exact) mass is 294 g/mol. The molecule has 0 amide bonds. The van der Waals surface area contributed by atoms with Crippen LogP contribution >= 0.6 is 11.3 Å². The van der Waals surface area contributed by atoms with Gasteiger partial charge in [-0.25, -0.2) is 4.98 Å². The molecular formula is C18H18N2S. The van der Waals surface area contributed by atoms with Crippen molar-refractivity contribution in [2.45, 2.75) is 6.92 Å². The van der Waals surface area contributed by atoms with Crippen LogP contribution in [-0.2, 0) is 0 Å². The van der Waals surface area contributed by atoms with Gasteiger partial charge < -0.3 is 4.90 Å². The van der Waals surface area contributed by atoms with Crippen molar-refractivity contribution in [1.82, 2.24) is 4.98 Å². The summed E-state index contributed by atoms with van der Waals surface area (Å²) in [5.41, 5.74) is 4.68. The number of thiazole rings is 1. The molecule has 0 N–H and O–H groups in total. The van der Waals surface area contributed by atoms with Gasteiger partial charge in [0.1, 0.15) is 0 Å². The molecule has 0 aliphatic carbocycles. The lowest BCUT2D eigenvalue weighted by Crippen LogP contribution is -2.07. The third kappa shape index (κ3) is 2.98. The molecule has 0 bridgehead atoms. The number of aromatic nitrogens is 1. The van der Waals surface area contributed by atoms with Crippen LogP contribution in [0.25, 0.3) is 22.4 Å². The highest BCUT2D eigenvalue weighted by molar-refractivity contribution is 7.18. The van der Waals surface area contributed by atoms with Crippen molar-refractivity contribution in [2.75, 3.05) is 19.0 Å². The van der Waals surface area contributed by atoms with E-state index in [2.05, 4.69) is 85.5 Å². The number of aryl methyl sites for hydroxylation is 1. The normalized spacial score (nSPS) is 11.4. The van der Waals surface area contributed by atoms with Crippen LogP contribution in [0.2, 0.25) is 0 Å². The highest BCUT2D eigenvalue weighted by atomic mass is 32.1. The number of anilines is 1. The van der Waals surface area contributed by atoms with E-state index in [0.717, 1.165) is 10.5 Å². The Hall–Kier alpha value is -2.13. The Morgan fingerprint density at radius 2 is 1.76 bits per heavy atom. The first-order valence-corrected chi connectivity index (χ1v) is 7.77.